The van der Waals surface area contributed by atoms with Crippen LogP contribution in [0.1, 0.15) is 26.7 Å². The fourth-order valence-electron chi connectivity index (χ4n) is 1.68. The van der Waals surface area contributed by atoms with Crippen molar-refractivity contribution in [1.82, 2.24) is 0 Å². The van der Waals surface area contributed by atoms with Crippen molar-refractivity contribution in [2.45, 2.75) is 38.6 Å². The SMILES string of the molecule is COC(OC)[SiH2]CCCC(C(C)=O)C(C)=O. The summed E-state index contributed by atoms with van der Waals surface area (Å²) in [5.41, 5.74) is 0. The highest BCUT2D eigenvalue weighted by Gasteiger charge is 2.18. The van der Waals surface area contributed by atoms with E-state index in [0.717, 1.165) is 12.5 Å². The molecule has 0 spiro atoms. The molecular weight excluding hydrogens is 224 g/mol. The quantitative estimate of drug-likeness (QED) is 0.260. The van der Waals surface area contributed by atoms with Crippen molar-refractivity contribution in [1.29, 1.82) is 0 Å². The molecule has 0 aliphatic heterocycles. The van der Waals surface area contributed by atoms with Crippen LogP contribution in [-0.4, -0.2) is 41.2 Å². The topological polar surface area (TPSA) is 52.6 Å². The lowest BCUT2D eigenvalue weighted by molar-refractivity contribution is -0.130. The van der Waals surface area contributed by atoms with E-state index in [1.807, 2.05) is 0 Å². The number of hydrogen-bond acceptors (Lipinski definition) is 4. The average molecular weight is 246 g/mol. The molecule has 0 unspecified atom stereocenters. The van der Waals surface area contributed by atoms with Crippen LogP contribution < -0.4 is 0 Å². The molecule has 0 bridgehead atoms. The summed E-state index contributed by atoms with van der Waals surface area (Å²) in [6.45, 7) is 2.97. The molecule has 0 aliphatic carbocycles. The monoisotopic (exact) mass is 246 g/mol. The van der Waals surface area contributed by atoms with Crippen molar-refractivity contribution < 1.29 is 19.1 Å². The molecule has 0 N–H and O–H groups in total. The summed E-state index contributed by atoms with van der Waals surface area (Å²) in [5.74, 6) is -0.501. The van der Waals surface area contributed by atoms with Gasteiger partial charge in [-0.1, -0.05) is 12.5 Å². The fourth-order valence-corrected chi connectivity index (χ4v) is 3.07. The molecule has 94 valence electrons. The Hall–Kier alpha value is -0.523. The Labute approximate surface area is 99.5 Å². The van der Waals surface area contributed by atoms with Crippen LogP contribution in [0, 0.1) is 5.92 Å². The van der Waals surface area contributed by atoms with Crippen molar-refractivity contribution in [3.8, 4) is 0 Å². The van der Waals surface area contributed by atoms with Crippen molar-refractivity contribution in [2.24, 2.45) is 5.92 Å². The zero-order chi connectivity index (χ0) is 12.6. The Morgan fingerprint density at radius 1 is 1.12 bits per heavy atom. The number of carbonyl (C=O) groups excluding carboxylic acids is 2. The van der Waals surface area contributed by atoms with Gasteiger partial charge >= 0.3 is 0 Å². The smallest absolute Gasteiger partial charge is 0.140 e. The molecule has 0 saturated heterocycles. The fraction of sp³-hybridized carbons (Fsp3) is 0.818. The molecule has 0 rings (SSSR count). The lowest BCUT2D eigenvalue weighted by Crippen LogP contribution is -2.22. The maximum absolute atomic E-state index is 11.2. The van der Waals surface area contributed by atoms with Gasteiger partial charge in [-0.2, -0.15) is 0 Å². The molecule has 0 aromatic rings. The normalized spacial score (nSPS) is 11.9. The molecule has 4 nitrogen and oxygen atoms in total. The summed E-state index contributed by atoms with van der Waals surface area (Å²) in [6.07, 6.45) is 1.57. The molecule has 0 aliphatic rings. The van der Waals surface area contributed by atoms with Gasteiger partial charge in [0.15, 0.2) is 0 Å². The highest BCUT2D eigenvalue weighted by Crippen LogP contribution is 2.11. The van der Waals surface area contributed by atoms with Gasteiger partial charge in [0.2, 0.25) is 0 Å². The van der Waals surface area contributed by atoms with E-state index >= 15 is 0 Å². The van der Waals surface area contributed by atoms with E-state index < -0.39 is 15.4 Å². The Morgan fingerprint density at radius 2 is 1.62 bits per heavy atom. The Balaban J connectivity index is 3.79. The second-order valence-corrected chi connectivity index (χ2v) is 5.91. The third-order valence-electron chi connectivity index (χ3n) is 2.69. The van der Waals surface area contributed by atoms with Crippen molar-refractivity contribution in [3.05, 3.63) is 0 Å². The van der Waals surface area contributed by atoms with Gasteiger partial charge in [-0.15, -0.1) is 0 Å². The van der Waals surface area contributed by atoms with Crippen molar-refractivity contribution in [2.75, 3.05) is 14.2 Å². The molecule has 5 heteroatoms. The van der Waals surface area contributed by atoms with Crippen LogP contribution in [0.3, 0.4) is 0 Å². The van der Waals surface area contributed by atoms with Crippen molar-refractivity contribution in [3.63, 3.8) is 0 Å². The van der Waals surface area contributed by atoms with Gasteiger partial charge < -0.3 is 9.47 Å². The third kappa shape index (κ3) is 6.15. The second-order valence-electron chi connectivity index (χ2n) is 3.96. The summed E-state index contributed by atoms with van der Waals surface area (Å²) in [5, 5.41) is 0. The maximum atomic E-state index is 11.2. The number of methoxy groups -OCH3 is 2. The average Bonchev–Trinajstić information content (AvgIpc) is 2.22. The molecule has 0 fully saturated rings. The van der Waals surface area contributed by atoms with E-state index in [1.165, 1.54) is 13.8 Å². The third-order valence-corrected chi connectivity index (χ3v) is 4.74. The predicted molar refractivity (Wildman–Crippen MR) is 65.2 cm³/mol. The lowest BCUT2D eigenvalue weighted by Gasteiger charge is -2.13. The van der Waals surface area contributed by atoms with E-state index in [2.05, 4.69) is 0 Å². The van der Waals surface area contributed by atoms with Crippen LogP contribution in [0.25, 0.3) is 0 Å². The Bertz CT molecular complexity index is 212. The summed E-state index contributed by atoms with van der Waals surface area (Å²) >= 11 is 0. The summed E-state index contributed by atoms with van der Waals surface area (Å²) in [6, 6.07) is 1.03. The lowest BCUT2D eigenvalue weighted by atomic mass is 9.96. The minimum absolute atomic E-state index is 0.0239. The van der Waals surface area contributed by atoms with E-state index in [1.54, 1.807) is 14.2 Å². The molecule has 0 heterocycles. The minimum Gasteiger partial charge on any atom is -0.360 e. The molecule has 0 radical (unpaired) electrons. The molecule has 0 saturated carbocycles. The van der Waals surface area contributed by atoms with E-state index in [0.29, 0.717) is 6.42 Å². The summed E-state index contributed by atoms with van der Waals surface area (Å²) < 4.78 is 10.2. The van der Waals surface area contributed by atoms with Crippen molar-refractivity contribution >= 4 is 21.1 Å². The van der Waals surface area contributed by atoms with Crippen LogP contribution in [-0.2, 0) is 19.1 Å². The predicted octanol–water partition coefficient (Wildman–Crippen LogP) is 0.724. The number of ketones is 2. The van der Waals surface area contributed by atoms with E-state index in [9.17, 15) is 9.59 Å². The molecule has 0 amide bonds. The van der Waals surface area contributed by atoms with Gasteiger partial charge in [0, 0.05) is 14.2 Å². The van der Waals surface area contributed by atoms with Gasteiger partial charge in [-0.3, -0.25) is 9.59 Å². The highest BCUT2D eigenvalue weighted by molar-refractivity contribution is 6.36. The first kappa shape index (κ1) is 15.5. The summed E-state index contributed by atoms with van der Waals surface area (Å²) in [4.78, 5) is 22.3. The van der Waals surface area contributed by atoms with Gasteiger partial charge in [-0.05, 0) is 20.3 Å². The van der Waals surface area contributed by atoms with E-state index in [-0.39, 0.29) is 17.5 Å². The number of rotatable bonds is 9. The van der Waals surface area contributed by atoms with E-state index in [4.69, 9.17) is 9.47 Å². The maximum Gasteiger partial charge on any atom is 0.140 e. The zero-order valence-electron chi connectivity index (χ0n) is 10.6. The standard InChI is InChI=1S/C11H22O4Si/c1-8(12)10(9(2)13)6-5-7-16-11(14-3)15-4/h10-11H,5-7,16H2,1-4H3. The Morgan fingerprint density at radius 3 is 2.00 bits per heavy atom. The second kappa shape index (κ2) is 8.61. The number of hydrogen-bond donors (Lipinski definition) is 0. The Kier molecular flexibility index (Phi) is 8.33. The van der Waals surface area contributed by atoms with Gasteiger partial charge in [0.1, 0.15) is 17.5 Å². The van der Waals surface area contributed by atoms with Crippen LogP contribution in [0.2, 0.25) is 6.04 Å². The summed E-state index contributed by atoms with van der Waals surface area (Å²) in [7, 11) is 2.83. The first-order valence-corrected chi connectivity index (χ1v) is 7.41. The number of carbonyl (C=O) groups is 2. The number of ether oxygens (including phenoxy) is 2. The molecule has 0 aromatic carbocycles. The van der Waals surface area contributed by atoms with Gasteiger partial charge in [0.05, 0.1) is 15.4 Å². The van der Waals surface area contributed by atoms with Gasteiger partial charge in [-0.25, -0.2) is 0 Å². The zero-order valence-corrected chi connectivity index (χ0v) is 12.0. The first-order chi connectivity index (χ1) is 7.52. The highest BCUT2D eigenvalue weighted by atomic mass is 28.2. The molecule has 0 atom stereocenters. The molecule has 16 heavy (non-hydrogen) atoms. The largest absolute Gasteiger partial charge is 0.360 e. The minimum atomic E-state index is -0.434. The molecular formula is C11H22O4Si. The van der Waals surface area contributed by atoms with Crippen LogP contribution >= 0.6 is 0 Å². The molecule has 0 aromatic heterocycles. The van der Waals surface area contributed by atoms with Gasteiger partial charge in [0.25, 0.3) is 0 Å². The van der Waals surface area contributed by atoms with Crippen LogP contribution in [0.5, 0.6) is 0 Å². The van der Waals surface area contributed by atoms with Crippen LogP contribution in [0.15, 0.2) is 0 Å². The van der Waals surface area contributed by atoms with Crippen LogP contribution in [0.4, 0.5) is 0 Å². The first-order valence-electron chi connectivity index (χ1n) is 5.59. The number of Topliss-reactive ketones (excluding diaryl/α,β-unsaturated/α-hetero) is 2.